The molecule has 3 nitrogen and oxygen atoms in total. The van der Waals surface area contributed by atoms with Gasteiger partial charge in [0.05, 0.1) is 0 Å². The minimum atomic E-state index is 0. The summed E-state index contributed by atoms with van der Waals surface area (Å²) in [5.74, 6) is 0.730. The van der Waals surface area contributed by atoms with Crippen LogP contribution < -0.4 is 10.6 Å². The molecule has 0 aliphatic carbocycles. The molecule has 4 heteroatoms. The molecule has 1 rings (SSSR count). The number of rotatable bonds is 2. The topological polar surface area (TPSA) is 41.1 Å². The molecule has 1 aliphatic rings. The highest BCUT2D eigenvalue weighted by molar-refractivity contribution is 5.85. The third kappa shape index (κ3) is 3.58. The summed E-state index contributed by atoms with van der Waals surface area (Å²) in [7, 11) is 1.69. The van der Waals surface area contributed by atoms with Crippen molar-refractivity contribution in [2.75, 3.05) is 20.1 Å². The van der Waals surface area contributed by atoms with Crippen molar-refractivity contribution in [3.05, 3.63) is 0 Å². The summed E-state index contributed by atoms with van der Waals surface area (Å²) in [5.41, 5.74) is 0. The van der Waals surface area contributed by atoms with Crippen LogP contribution in [0.1, 0.15) is 12.8 Å². The van der Waals surface area contributed by atoms with Gasteiger partial charge in [0.2, 0.25) is 5.91 Å². The first-order chi connectivity index (χ1) is 4.83. The van der Waals surface area contributed by atoms with Crippen LogP contribution in [0.5, 0.6) is 0 Å². The minimum Gasteiger partial charge on any atom is -0.359 e. The maximum atomic E-state index is 10.8. The lowest BCUT2D eigenvalue weighted by Crippen LogP contribution is -2.22. The van der Waals surface area contributed by atoms with Gasteiger partial charge in [0.15, 0.2) is 0 Å². The van der Waals surface area contributed by atoms with E-state index < -0.39 is 0 Å². The van der Waals surface area contributed by atoms with Crippen molar-refractivity contribution < 1.29 is 4.79 Å². The largest absolute Gasteiger partial charge is 0.359 e. The fourth-order valence-corrected chi connectivity index (χ4v) is 1.25. The molecule has 1 heterocycles. The van der Waals surface area contributed by atoms with E-state index in [0.29, 0.717) is 12.3 Å². The van der Waals surface area contributed by atoms with Crippen LogP contribution in [0.2, 0.25) is 0 Å². The third-order valence-corrected chi connectivity index (χ3v) is 1.92. The van der Waals surface area contributed by atoms with E-state index in [1.807, 2.05) is 0 Å². The monoisotopic (exact) mass is 178 g/mol. The van der Waals surface area contributed by atoms with Gasteiger partial charge in [0.1, 0.15) is 0 Å². The van der Waals surface area contributed by atoms with Crippen molar-refractivity contribution in [3.8, 4) is 0 Å². The first-order valence-electron chi connectivity index (χ1n) is 3.74. The second-order valence-electron chi connectivity index (χ2n) is 2.74. The molecule has 1 amide bonds. The summed E-state index contributed by atoms with van der Waals surface area (Å²) in [5, 5.41) is 5.85. The number of nitrogens with one attached hydrogen (secondary N) is 2. The van der Waals surface area contributed by atoms with Gasteiger partial charge in [-0.05, 0) is 25.4 Å². The zero-order chi connectivity index (χ0) is 7.40. The normalized spacial score (nSPS) is 22.5. The molecule has 1 aliphatic heterocycles. The van der Waals surface area contributed by atoms with Gasteiger partial charge < -0.3 is 10.6 Å². The van der Waals surface area contributed by atoms with E-state index >= 15 is 0 Å². The highest BCUT2D eigenvalue weighted by Gasteiger charge is 2.16. The Balaban J connectivity index is 0.000001000. The molecule has 1 atom stereocenters. The number of hydrogen-bond acceptors (Lipinski definition) is 2. The van der Waals surface area contributed by atoms with Crippen molar-refractivity contribution in [1.29, 1.82) is 0 Å². The van der Waals surface area contributed by atoms with Crippen LogP contribution >= 0.6 is 12.4 Å². The Morgan fingerprint density at radius 3 is 2.91 bits per heavy atom. The molecule has 0 bridgehead atoms. The smallest absolute Gasteiger partial charge is 0.220 e. The van der Waals surface area contributed by atoms with Crippen LogP contribution in [0.15, 0.2) is 0 Å². The zero-order valence-electron chi connectivity index (χ0n) is 6.72. The van der Waals surface area contributed by atoms with Crippen LogP contribution in [0.25, 0.3) is 0 Å². The van der Waals surface area contributed by atoms with Crippen molar-refractivity contribution >= 4 is 18.3 Å². The van der Waals surface area contributed by atoms with E-state index in [0.717, 1.165) is 19.5 Å². The highest BCUT2D eigenvalue weighted by atomic mass is 35.5. The van der Waals surface area contributed by atoms with E-state index in [4.69, 9.17) is 0 Å². The minimum absolute atomic E-state index is 0. The number of hydrogen-bond donors (Lipinski definition) is 2. The summed E-state index contributed by atoms with van der Waals surface area (Å²) >= 11 is 0. The average molecular weight is 179 g/mol. The van der Waals surface area contributed by atoms with Crippen LogP contribution in [0.4, 0.5) is 0 Å². The summed E-state index contributed by atoms with van der Waals surface area (Å²) in [4.78, 5) is 10.8. The fourth-order valence-electron chi connectivity index (χ4n) is 1.25. The highest BCUT2D eigenvalue weighted by Crippen LogP contribution is 2.10. The van der Waals surface area contributed by atoms with Gasteiger partial charge in [-0.25, -0.2) is 0 Å². The van der Waals surface area contributed by atoms with Gasteiger partial charge in [-0.3, -0.25) is 4.79 Å². The first-order valence-corrected chi connectivity index (χ1v) is 3.74. The molecule has 0 radical (unpaired) electrons. The molecule has 0 aromatic rings. The quantitative estimate of drug-likeness (QED) is 0.633. The Bertz CT molecular complexity index is 124. The molecule has 0 saturated carbocycles. The zero-order valence-corrected chi connectivity index (χ0v) is 7.54. The third-order valence-electron chi connectivity index (χ3n) is 1.92. The summed E-state index contributed by atoms with van der Waals surface area (Å²) in [6, 6.07) is 0. The molecule has 1 fully saturated rings. The predicted molar refractivity (Wildman–Crippen MR) is 46.9 cm³/mol. The summed E-state index contributed by atoms with van der Waals surface area (Å²) in [6.45, 7) is 2.08. The standard InChI is InChI=1S/C7H14N2O.ClH/c1-8-7(10)4-6-2-3-9-5-6;/h6,9H,2-5H2,1H3,(H,8,10);1H/t6-;/m1./s1. The number of halogens is 1. The molecule has 0 unspecified atom stereocenters. The van der Waals surface area contributed by atoms with Gasteiger partial charge in [0.25, 0.3) is 0 Å². The van der Waals surface area contributed by atoms with Gasteiger partial charge in [-0.15, -0.1) is 12.4 Å². The Labute approximate surface area is 73.3 Å². The Kier molecular flexibility index (Phi) is 5.24. The SMILES string of the molecule is CNC(=O)C[C@H]1CCNC1.Cl. The predicted octanol–water partition coefficient (Wildman–Crippen LogP) is 0.154. The summed E-state index contributed by atoms with van der Waals surface area (Å²) in [6.07, 6.45) is 1.83. The second kappa shape index (κ2) is 5.38. The molecule has 1 saturated heterocycles. The Morgan fingerprint density at radius 2 is 2.45 bits per heavy atom. The first kappa shape index (κ1) is 10.7. The van der Waals surface area contributed by atoms with Crippen molar-refractivity contribution in [2.45, 2.75) is 12.8 Å². The van der Waals surface area contributed by atoms with Crippen molar-refractivity contribution in [2.24, 2.45) is 5.92 Å². The maximum Gasteiger partial charge on any atom is 0.220 e. The second-order valence-corrected chi connectivity index (χ2v) is 2.74. The van der Waals surface area contributed by atoms with Crippen LogP contribution in [0.3, 0.4) is 0 Å². The Hall–Kier alpha value is -0.280. The van der Waals surface area contributed by atoms with Gasteiger partial charge in [-0.2, -0.15) is 0 Å². The van der Waals surface area contributed by atoms with Crippen molar-refractivity contribution in [1.82, 2.24) is 10.6 Å². The number of amides is 1. The molecular formula is C7H15ClN2O. The average Bonchev–Trinajstić information content (AvgIpc) is 2.40. The molecular weight excluding hydrogens is 164 g/mol. The molecule has 0 aromatic heterocycles. The molecule has 0 spiro atoms. The molecule has 11 heavy (non-hydrogen) atoms. The molecule has 2 N–H and O–H groups in total. The fraction of sp³-hybridized carbons (Fsp3) is 0.857. The van der Waals surface area contributed by atoms with E-state index in [1.165, 1.54) is 0 Å². The molecule has 0 aromatic carbocycles. The number of carbonyl (C=O) groups is 1. The van der Waals surface area contributed by atoms with E-state index in [1.54, 1.807) is 7.05 Å². The van der Waals surface area contributed by atoms with Gasteiger partial charge in [-0.1, -0.05) is 0 Å². The van der Waals surface area contributed by atoms with Crippen LogP contribution in [0, 0.1) is 5.92 Å². The van der Waals surface area contributed by atoms with Gasteiger partial charge >= 0.3 is 0 Å². The maximum absolute atomic E-state index is 10.8. The molecule has 66 valence electrons. The summed E-state index contributed by atoms with van der Waals surface area (Å²) < 4.78 is 0. The lowest BCUT2D eigenvalue weighted by Gasteiger charge is -2.04. The Morgan fingerprint density at radius 1 is 1.73 bits per heavy atom. The lowest BCUT2D eigenvalue weighted by molar-refractivity contribution is -0.121. The van der Waals surface area contributed by atoms with E-state index in [-0.39, 0.29) is 18.3 Å². The lowest BCUT2D eigenvalue weighted by atomic mass is 10.1. The van der Waals surface area contributed by atoms with E-state index in [9.17, 15) is 4.79 Å². The van der Waals surface area contributed by atoms with Gasteiger partial charge in [0, 0.05) is 13.5 Å². The van der Waals surface area contributed by atoms with Crippen LogP contribution in [-0.2, 0) is 4.79 Å². The van der Waals surface area contributed by atoms with Crippen molar-refractivity contribution in [3.63, 3.8) is 0 Å². The number of carbonyl (C=O) groups excluding carboxylic acids is 1. The van der Waals surface area contributed by atoms with Crippen LogP contribution in [-0.4, -0.2) is 26.0 Å². The van der Waals surface area contributed by atoms with E-state index in [2.05, 4.69) is 10.6 Å².